The molecule has 2 amide bonds. The highest BCUT2D eigenvalue weighted by Crippen LogP contribution is 2.15. The molecule has 0 radical (unpaired) electrons. The van der Waals surface area contributed by atoms with Gasteiger partial charge >= 0.3 is 11.8 Å². The monoisotopic (exact) mass is 268 g/mol. The van der Waals surface area contributed by atoms with Gasteiger partial charge in [-0.1, -0.05) is 6.92 Å². The van der Waals surface area contributed by atoms with Gasteiger partial charge in [0.15, 0.2) is 0 Å². The van der Waals surface area contributed by atoms with Crippen LogP contribution in [0.3, 0.4) is 0 Å². The van der Waals surface area contributed by atoms with Crippen molar-refractivity contribution < 1.29 is 19.1 Å². The van der Waals surface area contributed by atoms with Crippen molar-refractivity contribution in [3.63, 3.8) is 0 Å². The molecule has 1 atom stereocenters. The third-order valence-electron chi connectivity index (χ3n) is 2.69. The third-order valence-corrected chi connectivity index (χ3v) is 2.69. The molecule has 0 saturated carbocycles. The number of nitrogens with one attached hydrogen (secondary N) is 2. The molecule has 0 heterocycles. The summed E-state index contributed by atoms with van der Waals surface area (Å²) in [7, 11) is 0. The average molecular weight is 268 g/mol. The van der Waals surface area contributed by atoms with E-state index in [0.29, 0.717) is 17.7 Å². The summed E-state index contributed by atoms with van der Waals surface area (Å²) in [6, 6.07) is 3.39. The Morgan fingerprint density at radius 3 is 2.58 bits per heavy atom. The lowest BCUT2D eigenvalue weighted by molar-refractivity contribution is -0.136. The highest BCUT2D eigenvalue weighted by Gasteiger charge is 2.17. The first-order valence-corrected chi connectivity index (χ1v) is 5.96. The van der Waals surface area contributed by atoms with E-state index in [-0.39, 0.29) is 6.61 Å². The van der Waals surface area contributed by atoms with Gasteiger partial charge in [-0.2, -0.15) is 0 Å². The van der Waals surface area contributed by atoms with Gasteiger partial charge in [-0.05, 0) is 37.1 Å². The van der Waals surface area contributed by atoms with Crippen molar-refractivity contribution in [2.24, 2.45) is 0 Å². The quantitative estimate of drug-likeness (QED) is 0.712. The van der Waals surface area contributed by atoms with E-state index < -0.39 is 23.7 Å². The number of carbonyl (C=O) groups excluding carboxylic acids is 2. The first kappa shape index (κ1) is 15.1. The normalized spacial score (nSPS) is 11.8. The molecule has 19 heavy (non-hydrogen) atoms. The number of hydrogen-bond donors (Lipinski definition) is 3. The molecule has 0 aliphatic carbocycles. The minimum atomic E-state index is -0.846. The summed E-state index contributed by atoms with van der Waals surface area (Å²) >= 11 is 0. The van der Waals surface area contributed by atoms with E-state index in [1.807, 2.05) is 0 Å². The van der Waals surface area contributed by atoms with Crippen LogP contribution in [-0.2, 0) is 9.59 Å². The van der Waals surface area contributed by atoms with E-state index >= 15 is 0 Å². The van der Waals surface area contributed by atoms with E-state index in [1.54, 1.807) is 13.8 Å². The second-order valence-corrected chi connectivity index (χ2v) is 4.17. The number of aliphatic hydroxyl groups is 1. The number of amides is 2. The lowest BCUT2D eigenvalue weighted by atomic mass is 10.2. The molecule has 0 fully saturated rings. The molecule has 0 aromatic heterocycles. The Bertz CT molecular complexity index is 473. The van der Waals surface area contributed by atoms with Crippen LogP contribution in [0.25, 0.3) is 0 Å². The zero-order valence-corrected chi connectivity index (χ0v) is 10.9. The van der Waals surface area contributed by atoms with Crippen LogP contribution in [0.5, 0.6) is 0 Å². The van der Waals surface area contributed by atoms with Gasteiger partial charge in [0, 0.05) is 5.69 Å². The summed E-state index contributed by atoms with van der Waals surface area (Å²) in [5.41, 5.74) is 0.897. The van der Waals surface area contributed by atoms with Crippen LogP contribution in [0.15, 0.2) is 18.2 Å². The van der Waals surface area contributed by atoms with Gasteiger partial charge in [-0.3, -0.25) is 9.59 Å². The Morgan fingerprint density at radius 1 is 1.37 bits per heavy atom. The van der Waals surface area contributed by atoms with Crippen molar-refractivity contribution in [2.45, 2.75) is 26.3 Å². The van der Waals surface area contributed by atoms with Crippen molar-refractivity contribution >= 4 is 17.5 Å². The lowest BCUT2D eigenvalue weighted by Gasteiger charge is -2.14. The fourth-order valence-corrected chi connectivity index (χ4v) is 1.47. The SMILES string of the molecule is CC[C@H](CO)NC(=O)C(=O)Nc1ccc(F)cc1C. The summed E-state index contributed by atoms with van der Waals surface area (Å²) in [6.07, 6.45) is 0.519. The zero-order chi connectivity index (χ0) is 14.4. The first-order valence-electron chi connectivity index (χ1n) is 5.96. The van der Waals surface area contributed by atoms with Gasteiger partial charge in [0.25, 0.3) is 0 Å². The smallest absolute Gasteiger partial charge is 0.313 e. The first-order chi connectivity index (χ1) is 8.97. The van der Waals surface area contributed by atoms with Gasteiger partial charge in [-0.15, -0.1) is 0 Å². The van der Waals surface area contributed by atoms with Crippen molar-refractivity contribution in [2.75, 3.05) is 11.9 Å². The topological polar surface area (TPSA) is 78.4 Å². The van der Waals surface area contributed by atoms with Crippen LogP contribution in [0.4, 0.5) is 10.1 Å². The minimum Gasteiger partial charge on any atom is -0.394 e. The van der Waals surface area contributed by atoms with Crippen molar-refractivity contribution in [3.8, 4) is 0 Å². The van der Waals surface area contributed by atoms with E-state index in [2.05, 4.69) is 10.6 Å². The molecule has 0 saturated heterocycles. The van der Waals surface area contributed by atoms with Crippen molar-refractivity contribution in [3.05, 3.63) is 29.6 Å². The molecular formula is C13H17FN2O3. The molecule has 3 N–H and O–H groups in total. The Morgan fingerprint density at radius 2 is 2.05 bits per heavy atom. The van der Waals surface area contributed by atoms with Crippen LogP contribution < -0.4 is 10.6 Å². The zero-order valence-electron chi connectivity index (χ0n) is 10.9. The number of hydrogen-bond acceptors (Lipinski definition) is 3. The lowest BCUT2D eigenvalue weighted by Crippen LogP contribution is -2.43. The molecule has 0 unspecified atom stereocenters. The molecule has 0 aliphatic heterocycles. The maximum absolute atomic E-state index is 12.9. The Labute approximate surface area is 110 Å². The van der Waals surface area contributed by atoms with E-state index in [9.17, 15) is 14.0 Å². The van der Waals surface area contributed by atoms with E-state index in [4.69, 9.17) is 5.11 Å². The predicted octanol–water partition coefficient (Wildman–Crippen LogP) is 0.960. The maximum Gasteiger partial charge on any atom is 0.313 e. The molecule has 1 rings (SSSR count). The predicted molar refractivity (Wildman–Crippen MR) is 69.1 cm³/mol. The minimum absolute atomic E-state index is 0.231. The van der Waals surface area contributed by atoms with Crippen LogP contribution in [0.1, 0.15) is 18.9 Å². The largest absolute Gasteiger partial charge is 0.394 e. The summed E-state index contributed by atoms with van der Waals surface area (Å²) in [5, 5.41) is 13.7. The van der Waals surface area contributed by atoms with Crippen LogP contribution in [0, 0.1) is 12.7 Å². The summed E-state index contributed by atoms with van der Waals surface area (Å²) in [4.78, 5) is 23.2. The van der Waals surface area contributed by atoms with Crippen molar-refractivity contribution in [1.82, 2.24) is 5.32 Å². The number of halogens is 1. The fraction of sp³-hybridized carbons (Fsp3) is 0.385. The van der Waals surface area contributed by atoms with E-state index in [0.717, 1.165) is 0 Å². The Balaban J connectivity index is 2.66. The second-order valence-electron chi connectivity index (χ2n) is 4.17. The highest BCUT2D eigenvalue weighted by atomic mass is 19.1. The molecular weight excluding hydrogens is 251 g/mol. The van der Waals surface area contributed by atoms with E-state index in [1.165, 1.54) is 18.2 Å². The Hall–Kier alpha value is -1.95. The van der Waals surface area contributed by atoms with Crippen molar-refractivity contribution in [1.29, 1.82) is 0 Å². The average Bonchev–Trinajstić information content (AvgIpc) is 2.38. The van der Waals surface area contributed by atoms with Gasteiger partial charge < -0.3 is 15.7 Å². The number of aliphatic hydroxyl groups excluding tert-OH is 1. The summed E-state index contributed by atoms with van der Waals surface area (Å²) < 4.78 is 12.9. The van der Waals surface area contributed by atoms with Crippen LogP contribution in [-0.4, -0.2) is 29.6 Å². The summed E-state index contributed by atoms with van der Waals surface area (Å²) in [5.74, 6) is -2.09. The van der Waals surface area contributed by atoms with Gasteiger partial charge in [0.05, 0.1) is 12.6 Å². The van der Waals surface area contributed by atoms with Gasteiger partial charge in [0.1, 0.15) is 5.82 Å². The maximum atomic E-state index is 12.9. The molecule has 0 spiro atoms. The fourth-order valence-electron chi connectivity index (χ4n) is 1.47. The standard InChI is InChI=1S/C13H17FN2O3/c1-3-10(7-17)15-12(18)13(19)16-11-5-4-9(14)6-8(11)2/h4-6,10,17H,3,7H2,1-2H3,(H,15,18)(H,16,19)/t10-/m1/s1. The summed E-state index contributed by atoms with van der Waals surface area (Å²) in [6.45, 7) is 3.17. The third kappa shape index (κ3) is 4.33. The molecule has 0 aliphatic rings. The molecule has 1 aromatic rings. The number of rotatable bonds is 4. The van der Waals surface area contributed by atoms with Crippen LogP contribution >= 0.6 is 0 Å². The molecule has 0 bridgehead atoms. The second kappa shape index (κ2) is 6.84. The Kier molecular flexibility index (Phi) is 5.44. The van der Waals surface area contributed by atoms with Gasteiger partial charge in [0.2, 0.25) is 0 Å². The molecule has 5 nitrogen and oxygen atoms in total. The number of anilines is 1. The van der Waals surface area contributed by atoms with Gasteiger partial charge in [-0.25, -0.2) is 4.39 Å². The molecule has 1 aromatic carbocycles. The number of benzene rings is 1. The molecule has 6 heteroatoms. The van der Waals surface area contributed by atoms with Crippen LogP contribution in [0.2, 0.25) is 0 Å². The number of aryl methyl sites for hydroxylation is 1. The molecule has 104 valence electrons. The number of carbonyl (C=O) groups is 2. The highest BCUT2D eigenvalue weighted by molar-refractivity contribution is 6.39.